The molecule has 0 atom stereocenters. The van der Waals surface area contributed by atoms with Gasteiger partial charge in [0.2, 0.25) is 0 Å². The van der Waals surface area contributed by atoms with Crippen LogP contribution < -0.4 is 5.32 Å². The van der Waals surface area contributed by atoms with E-state index in [1.54, 1.807) is 0 Å². The first-order valence-electron chi connectivity index (χ1n) is 5.66. The fraction of sp³-hybridized carbons (Fsp3) is 0.800. The van der Waals surface area contributed by atoms with Gasteiger partial charge in [0.05, 0.1) is 6.16 Å². The lowest BCUT2D eigenvalue weighted by atomic mass is 10.4. The van der Waals surface area contributed by atoms with E-state index in [4.69, 9.17) is 18.1 Å². The van der Waals surface area contributed by atoms with Crippen LogP contribution in [-0.2, 0) is 27.2 Å². The second kappa shape index (κ2) is 8.20. The summed E-state index contributed by atoms with van der Waals surface area (Å²) >= 11 is 0. The Labute approximate surface area is 114 Å². The molecule has 0 aliphatic carbocycles. The van der Waals surface area contributed by atoms with Crippen molar-refractivity contribution in [2.45, 2.75) is 19.9 Å². The second-order valence-corrected chi connectivity index (χ2v) is 8.43. The van der Waals surface area contributed by atoms with Crippen molar-refractivity contribution in [3.05, 3.63) is 11.5 Å². The summed E-state index contributed by atoms with van der Waals surface area (Å²) in [4.78, 5) is 0. The Kier molecular flexibility index (Phi) is 8.13. The van der Waals surface area contributed by atoms with Gasteiger partial charge in [-0.25, -0.2) is 0 Å². The zero-order valence-electron chi connectivity index (χ0n) is 12.2. The van der Waals surface area contributed by atoms with Crippen LogP contribution in [0.15, 0.2) is 11.5 Å². The largest absolute Gasteiger partial charge is 0.377 e. The van der Waals surface area contributed by atoms with Crippen molar-refractivity contribution in [2.75, 3.05) is 34.6 Å². The van der Waals surface area contributed by atoms with E-state index < -0.39 is 15.2 Å². The van der Waals surface area contributed by atoms with E-state index in [1.165, 1.54) is 34.5 Å². The average Bonchev–Trinajstić information content (AvgIpc) is 2.41. The summed E-state index contributed by atoms with van der Waals surface area (Å²) in [5, 5.41) is 2.96. The van der Waals surface area contributed by atoms with Crippen molar-refractivity contribution in [3.63, 3.8) is 0 Å². The van der Waals surface area contributed by atoms with Gasteiger partial charge in [-0.3, -0.25) is 9.13 Å². The molecule has 0 aromatic rings. The molecule has 0 radical (unpaired) electrons. The van der Waals surface area contributed by atoms with Crippen molar-refractivity contribution < 1.29 is 27.2 Å². The van der Waals surface area contributed by atoms with Gasteiger partial charge >= 0.3 is 15.2 Å². The summed E-state index contributed by atoms with van der Waals surface area (Å²) in [5.74, 6) is 0. The van der Waals surface area contributed by atoms with Crippen molar-refractivity contribution in [2.24, 2.45) is 0 Å². The normalized spacial score (nSPS) is 13.9. The molecular formula is C10H23NO6P2. The van der Waals surface area contributed by atoms with Gasteiger partial charge in [-0.1, -0.05) is 0 Å². The molecule has 0 saturated heterocycles. The molecule has 114 valence electrons. The minimum Gasteiger partial charge on any atom is -0.377 e. The Morgan fingerprint density at radius 1 is 1.05 bits per heavy atom. The maximum atomic E-state index is 12.3. The summed E-state index contributed by atoms with van der Waals surface area (Å²) < 4.78 is 43.7. The first kappa shape index (κ1) is 18.8. The van der Waals surface area contributed by atoms with Crippen LogP contribution in [-0.4, -0.2) is 40.6 Å². The van der Waals surface area contributed by atoms with E-state index in [9.17, 15) is 9.13 Å². The molecule has 0 bridgehead atoms. The minimum atomic E-state index is -3.43. The Morgan fingerprint density at radius 3 is 1.84 bits per heavy atom. The topological polar surface area (TPSA) is 83.1 Å². The van der Waals surface area contributed by atoms with E-state index in [1.807, 2.05) is 13.8 Å². The van der Waals surface area contributed by atoms with E-state index in [0.717, 1.165) is 0 Å². The van der Waals surface area contributed by atoms with Crippen LogP contribution in [0, 0.1) is 0 Å². The summed E-state index contributed by atoms with van der Waals surface area (Å²) in [7, 11) is -1.50. The molecule has 0 aromatic heterocycles. The Hall–Kier alpha value is -0.160. The Bertz CT molecular complexity index is 379. The SMILES string of the molecule is COP(=O)(C/C=C(\NC(C)C)P(=O)(OC)OC)OC. The second-order valence-electron chi connectivity index (χ2n) is 3.91. The fourth-order valence-electron chi connectivity index (χ4n) is 1.24. The van der Waals surface area contributed by atoms with Gasteiger partial charge in [0.15, 0.2) is 0 Å². The van der Waals surface area contributed by atoms with Gasteiger partial charge in [0.1, 0.15) is 5.44 Å². The molecule has 0 amide bonds. The standard InChI is InChI=1S/C10H23NO6P2/c1-9(2)11-10(19(13,16-5)17-6)7-8-18(12,14-3)15-4/h7,9,11H,8H2,1-6H3/b10-7+. The molecule has 7 nitrogen and oxygen atoms in total. The van der Waals surface area contributed by atoms with Crippen LogP contribution in [0.5, 0.6) is 0 Å². The molecule has 0 heterocycles. The molecule has 9 heteroatoms. The van der Waals surface area contributed by atoms with Gasteiger partial charge in [-0.2, -0.15) is 0 Å². The van der Waals surface area contributed by atoms with Gasteiger partial charge in [0.25, 0.3) is 0 Å². The van der Waals surface area contributed by atoms with E-state index in [-0.39, 0.29) is 17.6 Å². The predicted molar refractivity (Wildman–Crippen MR) is 74.5 cm³/mol. The van der Waals surface area contributed by atoms with Gasteiger partial charge in [-0.05, 0) is 19.9 Å². The molecule has 0 aromatic carbocycles. The first-order valence-corrected chi connectivity index (χ1v) is 8.93. The highest BCUT2D eigenvalue weighted by Gasteiger charge is 2.30. The Balaban J connectivity index is 5.27. The van der Waals surface area contributed by atoms with E-state index >= 15 is 0 Å². The number of rotatable bonds is 9. The van der Waals surface area contributed by atoms with Crippen LogP contribution in [0.1, 0.15) is 13.8 Å². The molecule has 19 heavy (non-hydrogen) atoms. The quantitative estimate of drug-likeness (QED) is 0.655. The number of hydrogen-bond acceptors (Lipinski definition) is 7. The molecule has 0 fully saturated rings. The van der Waals surface area contributed by atoms with Gasteiger partial charge in [0, 0.05) is 34.5 Å². The molecule has 0 rings (SSSR count). The number of nitrogens with one attached hydrogen (secondary N) is 1. The minimum absolute atomic E-state index is 0.00866. The van der Waals surface area contributed by atoms with Gasteiger partial charge in [-0.15, -0.1) is 0 Å². The zero-order valence-corrected chi connectivity index (χ0v) is 14.0. The molecule has 0 aliphatic heterocycles. The van der Waals surface area contributed by atoms with Crippen molar-refractivity contribution in [1.82, 2.24) is 5.32 Å². The van der Waals surface area contributed by atoms with Crippen molar-refractivity contribution >= 4 is 15.2 Å². The van der Waals surface area contributed by atoms with Crippen LogP contribution >= 0.6 is 15.2 Å². The lowest BCUT2D eigenvalue weighted by Gasteiger charge is -2.21. The molecule has 0 saturated carbocycles. The third kappa shape index (κ3) is 5.78. The summed E-state index contributed by atoms with van der Waals surface area (Å²) in [5.41, 5.74) is 0.238. The maximum absolute atomic E-state index is 12.3. The van der Waals surface area contributed by atoms with Crippen LogP contribution in [0.3, 0.4) is 0 Å². The zero-order chi connectivity index (χ0) is 15.1. The van der Waals surface area contributed by atoms with Crippen LogP contribution in [0.4, 0.5) is 0 Å². The lowest BCUT2D eigenvalue weighted by molar-refractivity contribution is 0.277. The van der Waals surface area contributed by atoms with E-state index in [2.05, 4.69) is 5.32 Å². The third-order valence-electron chi connectivity index (χ3n) is 2.28. The predicted octanol–water partition coefficient (Wildman–Crippen LogP) is 2.80. The monoisotopic (exact) mass is 315 g/mol. The summed E-state index contributed by atoms with van der Waals surface area (Å²) in [6.45, 7) is 3.74. The smallest absolute Gasteiger partial charge is 0.376 e. The highest BCUT2D eigenvalue weighted by molar-refractivity contribution is 7.58. The van der Waals surface area contributed by atoms with Crippen molar-refractivity contribution in [1.29, 1.82) is 0 Å². The molecule has 0 spiro atoms. The molecular weight excluding hydrogens is 292 g/mol. The third-order valence-corrected chi connectivity index (χ3v) is 5.88. The number of hydrogen-bond donors (Lipinski definition) is 1. The molecule has 0 unspecified atom stereocenters. The van der Waals surface area contributed by atoms with Crippen LogP contribution in [0.2, 0.25) is 0 Å². The summed E-state index contributed by atoms with van der Waals surface area (Å²) in [6, 6.07) is 0.00866. The molecule has 1 N–H and O–H groups in total. The average molecular weight is 315 g/mol. The highest BCUT2D eigenvalue weighted by Crippen LogP contribution is 2.55. The first-order chi connectivity index (χ1) is 8.76. The van der Waals surface area contributed by atoms with E-state index in [0.29, 0.717) is 0 Å². The number of allylic oxidation sites excluding steroid dienone is 1. The summed E-state index contributed by atoms with van der Waals surface area (Å²) in [6.07, 6.45) is 1.42. The highest BCUT2D eigenvalue weighted by atomic mass is 31.2. The maximum Gasteiger partial charge on any atom is 0.376 e. The van der Waals surface area contributed by atoms with Gasteiger partial charge < -0.3 is 23.4 Å². The fourth-order valence-corrected chi connectivity index (χ4v) is 3.51. The lowest BCUT2D eigenvalue weighted by Crippen LogP contribution is -2.23. The van der Waals surface area contributed by atoms with Crippen LogP contribution in [0.25, 0.3) is 0 Å². The molecule has 0 aliphatic rings. The Morgan fingerprint density at radius 2 is 1.53 bits per heavy atom. The van der Waals surface area contributed by atoms with Crippen molar-refractivity contribution in [3.8, 4) is 0 Å².